The van der Waals surface area contributed by atoms with Crippen molar-refractivity contribution in [3.8, 4) is 5.75 Å². The Bertz CT molecular complexity index is 607. The van der Waals surface area contributed by atoms with E-state index in [4.69, 9.17) is 9.47 Å². The number of carbonyl (C=O) groups excluding carboxylic acids is 1. The molecule has 1 fully saturated rings. The lowest BCUT2D eigenvalue weighted by atomic mass is 9.85. The fourth-order valence-corrected chi connectivity index (χ4v) is 3.87. The second kappa shape index (κ2) is 9.09. The Morgan fingerprint density at radius 3 is 2.37 bits per heavy atom. The minimum absolute atomic E-state index is 0.152. The summed E-state index contributed by atoms with van der Waals surface area (Å²) in [5, 5.41) is 0. The Morgan fingerprint density at radius 2 is 1.85 bits per heavy atom. The van der Waals surface area contributed by atoms with Crippen LogP contribution < -0.4 is 4.74 Å². The van der Waals surface area contributed by atoms with Crippen molar-refractivity contribution >= 4 is 5.91 Å². The van der Waals surface area contributed by atoms with E-state index < -0.39 is 0 Å². The van der Waals surface area contributed by atoms with Crippen LogP contribution in [0.15, 0.2) is 24.3 Å². The zero-order valence-electron chi connectivity index (χ0n) is 18.1. The van der Waals surface area contributed by atoms with Crippen LogP contribution in [0.25, 0.3) is 0 Å². The first-order chi connectivity index (χ1) is 12.6. The van der Waals surface area contributed by atoms with Crippen molar-refractivity contribution in [2.45, 2.75) is 84.5 Å². The molecule has 0 aromatic heterocycles. The van der Waals surface area contributed by atoms with Crippen LogP contribution in [0.3, 0.4) is 0 Å². The molecule has 1 aromatic carbocycles. The van der Waals surface area contributed by atoms with Crippen LogP contribution in [0.2, 0.25) is 0 Å². The molecule has 2 rings (SSSR count). The van der Waals surface area contributed by atoms with Crippen LogP contribution in [0, 0.1) is 5.92 Å². The Morgan fingerprint density at radius 1 is 1.22 bits per heavy atom. The average Bonchev–Trinajstić information content (AvgIpc) is 2.58. The molecular weight excluding hydrogens is 338 g/mol. The van der Waals surface area contributed by atoms with Crippen LogP contribution in [0.5, 0.6) is 5.75 Å². The molecule has 1 aromatic rings. The van der Waals surface area contributed by atoms with E-state index in [0.29, 0.717) is 12.3 Å². The summed E-state index contributed by atoms with van der Waals surface area (Å²) >= 11 is 0. The molecule has 0 unspecified atom stereocenters. The number of hydrogen-bond donors (Lipinski definition) is 0. The topological polar surface area (TPSA) is 38.8 Å². The molecule has 0 aliphatic carbocycles. The normalized spacial score (nSPS) is 20.6. The lowest BCUT2D eigenvalue weighted by molar-refractivity contribution is -0.138. The van der Waals surface area contributed by atoms with E-state index in [-0.39, 0.29) is 29.6 Å². The summed E-state index contributed by atoms with van der Waals surface area (Å²) in [7, 11) is 1.95. The third-order valence-corrected chi connectivity index (χ3v) is 5.49. The summed E-state index contributed by atoms with van der Waals surface area (Å²) in [5.41, 5.74) is 1.05. The van der Waals surface area contributed by atoms with Crippen LogP contribution >= 0.6 is 0 Å². The molecule has 1 heterocycles. The molecule has 152 valence electrons. The van der Waals surface area contributed by atoms with Gasteiger partial charge in [0.05, 0.1) is 11.7 Å². The number of carbonyl (C=O) groups is 1. The predicted molar refractivity (Wildman–Crippen MR) is 110 cm³/mol. The summed E-state index contributed by atoms with van der Waals surface area (Å²) in [5.74, 6) is 1.70. The maximum absolute atomic E-state index is 13.0. The van der Waals surface area contributed by atoms with Gasteiger partial charge in [0.2, 0.25) is 5.91 Å². The lowest BCUT2D eigenvalue weighted by Gasteiger charge is -2.40. The number of nitrogens with zero attached hydrogens (tertiary/aromatic N) is 1. The van der Waals surface area contributed by atoms with Crippen LogP contribution in [-0.2, 0) is 9.53 Å². The first-order valence-corrected chi connectivity index (χ1v) is 10.3. The summed E-state index contributed by atoms with van der Waals surface area (Å²) in [6.07, 6.45) is 2.51. The van der Waals surface area contributed by atoms with Gasteiger partial charge in [0.25, 0.3) is 0 Å². The maximum atomic E-state index is 13.0. The van der Waals surface area contributed by atoms with E-state index in [1.807, 2.05) is 37.9 Å². The zero-order chi connectivity index (χ0) is 20.2. The zero-order valence-corrected chi connectivity index (χ0v) is 18.1. The second-order valence-corrected chi connectivity index (χ2v) is 9.05. The number of amides is 1. The average molecular weight is 376 g/mol. The lowest BCUT2D eigenvalue weighted by Crippen LogP contribution is -2.47. The molecule has 27 heavy (non-hydrogen) atoms. The monoisotopic (exact) mass is 375 g/mol. The SMILES string of the molecule is CC(C)Oc1ccc([C@H](CC(=O)N(C)[C@@H]2CCOC(C)(C)C2)C(C)C)cc1. The molecule has 1 aliphatic heterocycles. The molecule has 4 heteroatoms. The van der Waals surface area contributed by atoms with Crippen LogP contribution in [0.1, 0.15) is 72.3 Å². The summed E-state index contributed by atoms with van der Waals surface area (Å²) in [4.78, 5) is 15.0. The number of rotatable bonds is 7. The molecule has 0 bridgehead atoms. The van der Waals surface area contributed by atoms with Crippen molar-refractivity contribution in [2.24, 2.45) is 5.92 Å². The largest absolute Gasteiger partial charge is 0.491 e. The first-order valence-electron chi connectivity index (χ1n) is 10.3. The third kappa shape index (κ3) is 6.24. The highest BCUT2D eigenvalue weighted by atomic mass is 16.5. The van der Waals surface area contributed by atoms with Crippen molar-refractivity contribution in [1.29, 1.82) is 0 Å². The molecule has 2 atom stereocenters. The Labute approximate surface area is 165 Å². The van der Waals surface area contributed by atoms with Crippen molar-refractivity contribution in [2.75, 3.05) is 13.7 Å². The van der Waals surface area contributed by atoms with Gasteiger partial charge in [0, 0.05) is 26.1 Å². The van der Waals surface area contributed by atoms with E-state index >= 15 is 0 Å². The van der Waals surface area contributed by atoms with Gasteiger partial charge in [-0.25, -0.2) is 0 Å². The van der Waals surface area contributed by atoms with E-state index in [1.54, 1.807) is 0 Å². The van der Waals surface area contributed by atoms with E-state index in [1.165, 1.54) is 5.56 Å². The van der Waals surface area contributed by atoms with Crippen molar-refractivity contribution in [3.05, 3.63) is 29.8 Å². The highest BCUT2D eigenvalue weighted by molar-refractivity contribution is 5.77. The minimum Gasteiger partial charge on any atom is -0.491 e. The van der Waals surface area contributed by atoms with E-state index in [2.05, 4.69) is 39.8 Å². The van der Waals surface area contributed by atoms with Crippen LogP contribution in [-0.4, -0.2) is 42.2 Å². The van der Waals surface area contributed by atoms with E-state index in [0.717, 1.165) is 25.2 Å². The summed E-state index contributed by atoms with van der Waals surface area (Å²) in [6, 6.07) is 8.50. The molecule has 1 amide bonds. The van der Waals surface area contributed by atoms with Gasteiger partial charge >= 0.3 is 0 Å². The molecule has 0 spiro atoms. The number of hydrogen-bond acceptors (Lipinski definition) is 3. The van der Waals surface area contributed by atoms with Gasteiger partial charge in [-0.1, -0.05) is 26.0 Å². The van der Waals surface area contributed by atoms with Gasteiger partial charge in [-0.15, -0.1) is 0 Å². The quantitative estimate of drug-likeness (QED) is 0.672. The van der Waals surface area contributed by atoms with Crippen molar-refractivity contribution in [1.82, 2.24) is 4.90 Å². The maximum Gasteiger partial charge on any atom is 0.223 e. The fourth-order valence-electron chi connectivity index (χ4n) is 3.87. The highest BCUT2D eigenvalue weighted by Crippen LogP contribution is 2.32. The molecule has 0 N–H and O–H groups in total. The Kier molecular flexibility index (Phi) is 7.32. The van der Waals surface area contributed by atoms with Gasteiger partial charge in [-0.3, -0.25) is 4.79 Å². The molecular formula is C23H37NO3. The van der Waals surface area contributed by atoms with Gasteiger partial charge in [-0.2, -0.15) is 0 Å². The number of benzene rings is 1. The molecule has 4 nitrogen and oxygen atoms in total. The smallest absolute Gasteiger partial charge is 0.223 e. The predicted octanol–water partition coefficient (Wildman–Crippen LogP) is 5.02. The van der Waals surface area contributed by atoms with Crippen LogP contribution in [0.4, 0.5) is 0 Å². The highest BCUT2D eigenvalue weighted by Gasteiger charge is 2.33. The minimum atomic E-state index is -0.152. The Hall–Kier alpha value is -1.55. The van der Waals surface area contributed by atoms with Gasteiger partial charge < -0.3 is 14.4 Å². The first kappa shape index (κ1) is 21.7. The standard InChI is InChI=1S/C23H37NO3/c1-16(2)21(18-8-10-20(11-9-18)27-17(3)4)14-22(25)24(7)19-12-13-26-23(5,6)15-19/h8-11,16-17,19,21H,12-15H2,1-7H3/t19-,21-/m1/s1. The Balaban J connectivity index is 2.05. The van der Waals surface area contributed by atoms with Crippen molar-refractivity contribution in [3.63, 3.8) is 0 Å². The summed E-state index contributed by atoms with van der Waals surface area (Å²) < 4.78 is 11.5. The molecule has 1 saturated heterocycles. The summed E-state index contributed by atoms with van der Waals surface area (Å²) in [6.45, 7) is 13.4. The van der Waals surface area contributed by atoms with E-state index in [9.17, 15) is 4.79 Å². The molecule has 0 radical (unpaired) electrons. The van der Waals surface area contributed by atoms with Crippen molar-refractivity contribution < 1.29 is 14.3 Å². The fraction of sp³-hybridized carbons (Fsp3) is 0.696. The number of ether oxygens (including phenoxy) is 2. The van der Waals surface area contributed by atoms with Gasteiger partial charge in [0.15, 0.2) is 0 Å². The molecule has 1 aliphatic rings. The molecule has 0 saturated carbocycles. The third-order valence-electron chi connectivity index (χ3n) is 5.49. The van der Waals surface area contributed by atoms with Gasteiger partial charge in [0.1, 0.15) is 5.75 Å². The second-order valence-electron chi connectivity index (χ2n) is 9.05. The van der Waals surface area contributed by atoms with Gasteiger partial charge in [-0.05, 0) is 70.1 Å².